The third kappa shape index (κ3) is 5.35. The van der Waals surface area contributed by atoms with Crippen molar-refractivity contribution >= 4 is 68.2 Å². The number of hydrogen-bond donors (Lipinski definition) is 0. The van der Waals surface area contributed by atoms with E-state index in [0.29, 0.717) is 52.0 Å². The summed E-state index contributed by atoms with van der Waals surface area (Å²) >= 11 is 13.8. The number of carbonyl (C=O) groups is 1. The van der Waals surface area contributed by atoms with Crippen molar-refractivity contribution in [1.82, 2.24) is 9.88 Å². The lowest BCUT2D eigenvalue weighted by Gasteiger charge is -2.21. The number of nitrogens with zero attached hydrogens (tertiary/aromatic N) is 3. The molecule has 0 radical (unpaired) electrons. The van der Waals surface area contributed by atoms with Crippen molar-refractivity contribution < 1.29 is 14.3 Å². The first-order valence-corrected chi connectivity index (χ1v) is 11.1. The maximum absolute atomic E-state index is 13.4. The van der Waals surface area contributed by atoms with Gasteiger partial charge in [-0.15, -0.1) is 12.4 Å². The summed E-state index contributed by atoms with van der Waals surface area (Å²) in [6.07, 6.45) is 0.794. The maximum atomic E-state index is 13.4. The quantitative estimate of drug-likeness (QED) is 0.452. The highest BCUT2D eigenvalue weighted by Gasteiger charge is 2.24. The van der Waals surface area contributed by atoms with Crippen molar-refractivity contribution in [3.8, 4) is 11.5 Å². The Bertz CT molecular complexity index is 1050. The number of carbonyl (C=O) groups excluding carboxylic acids is 1. The van der Waals surface area contributed by atoms with Gasteiger partial charge in [0.2, 0.25) is 0 Å². The van der Waals surface area contributed by atoms with Crippen molar-refractivity contribution in [3.05, 3.63) is 45.9 Å². The largest absolute Gasteiger partial charge is 0.486 e. The highest BCUT2D eigenvalue weighted by molar-refractivity contribution is 7.22. The predicted octanol–water partition coefficient (Wildman–Crippen LogP) is 5.39. The molecule has 0 saturated carbocycles. The molecule has 0 fully saturated rings. The van der Waals surface area contributed by atoms with Crippen molar-refractivity contribution in [2.75, 3.05) is 45.3 Å². The zero-order valence-electron chi connectivity index (χ0n) is 17.1. The van der Waals surface area contributed by atoms with E-state index >= 15 is 0 Å². The Labute approximate surface area is 201 Å². The molecule has 6 nitrogen and oxygen atoms in total. The topological polar surface area (TPSA) is 54.9 Å². The number of thiazole rings is 1. The van der Waals surface area contributed by atoms with E-state index in [2.05, 4.69) is 4.90 Å². The highest BCUT2D eigenvalue weighted by Crippen LogP contribution is 2.39. The highest BCUT2D eigenvalue weighted by atomic mass is 35.5. The molecule has 166 valence electrons. The van der Waals surface area contributed by atoms with Crippen molar-refractivity contribution in [1.29, 1.82) is 0 Å². The van der Waals surface area contributed by atoms with Crippen LogP contribution >= 0.6 is 46.9 Å². The molecule has 0 N–H and O–H groups in total. The lowest BCUT2D eigenvalue weighted by molar-refractivity contribution is 0.0986. The van der Waals surface area contributed by atoms with Crippen LogP contribution in [0.5, 0.6) is 11.5 Å². The van der Waals surface area contributed by atoms with Crippen LogP contribution in [0.4, 0.5) is 5.13 Å². The molecule has 10 heteroatoms. The Morgan fingerprint density at radius 2 is 1.81 bits per heavy atom. The molecule has 0 spiro atoms. The van der Waals surface area contributed by atoms with Crippen molar-refractivity contribution in [2.24, 2.45) is 0 Å². The minimum Gasteiger partial charge on any atom is -0.486 e. The Balaban J connectivity index is 0.00000272. The number of anilines is 1. The van der Waals surface area contributed by atoms with Gasteiger partial charge >= 0.3 is 0 Å². The lowest BCUT2D eigenvalue weighted by atomic mass is 10.2. The molecule has 0 atom stereocenters. The molecule has 0 bridgehead atoms. The second-order valence-electron chi connectivity index (χ2n) is 7.20. The van der Waals surface area contributed by atoms with E-state index in [1.165, 1.54) is 11.3 Å². The first-order valence-electron chi connectivity index (χ1n) is 9.54. The second kappa shape index (κ2) is 10.2. The molecular formula is C21H22Cl3N3O3S. The van der Waals surface area contributed by atoms with Crippen molar-refractivity contribution in [3.63, 3.8) is 0 Å². The number of halogens is 3. The van der Waals surface area contributed by atoms with Gasteiger partial charge in [0.05, 0.1) is 20.8 Å². The Kier molecular flexibility index (Phi) is 7.88. The lowest BCUT2D eigenvalue weighted by Crippen LogP contribution is -2.33. The smallest absolute Gasteiger partial charge is 0.261 e. The number of benzene rings is 2. The summed E-state index contributed by atoms with van der Waals surface area (Å²) in [6, 6.07) is 8.68. The maximum Gasteiger partial charge on any atom is 0.261 e. The Morgan fingerprint density at radius 1 is 1.10 bits per heavy atom. The van der Waals surface area contributed by atoms with Crippen LogP contribution in [0.3, 0.4) is 0 Å². The molecule has 4 rings (SSSR count). The van der Waals surface area contributed by atoms with Crippen LogP contribution in [0.1, 0.15) is 16.8 Å². The third-order valence-electron chi connectivity index (χ3n) is 4.67. The standard InChI is InChI=1S/C21H21Cl2N3O3S.ClH/c1-25(2)6-3-7-26(20(27)14-5-4-13(22)10-15(14)23)21-24-16-11-17-18(12-19(16)30-21)29-9-8-28-17;/h4-5,10-12H,3,6-9H2,1-2H3;1H. The molecule has 1 amide bonds. The van der Waals surface area contributed by atoms with E-state index < -0.39 is 0 Å². The van der Waals surface area contributed by atoms with Gasteiger partial charge in [0, 0.05) is 23.7 Å². The van der Waals surface area contributed by atoms with Gasteiger partial charge < -0.3 is 14.4 Å². The zero-order chi connectivity index (χ0) is 21.3. The Hall–Kier alpha value is -1.77. The van der Waals surface area contributed by atoms with Gasteiger partial charge in [0.1, 0.15) is 13.2 Å². The minimum atomic E-state index is -0.202. The van der Waals surface area contributed by atoms with E-state index in [-0.39, 0.29) is 18.3 Å². The normalized spacial score (nSPS) is 12.7. The van der Waals surface area contributed by atoms with Gasteiger partial charge in [0.25, 0.3) is 5.91 Å². The predicted molar refractivity (Wildman–Crippen MR) is 129 cm³/mol. The number of amides is 1. The summed E-state index contributed by atoms with van der Waals surface area (Å²) in [7, 11) is 4.01. The van der Waals surface area contributed by atoms with Crippen LogP contribution in [0.15, 0.2) is 30.3 Å². The van der Waals surface area contributed by atoms with Gasteiger partial charge in [-0.05, 0) is 45.3 Å². The molecule has 0 saturated heterocycles. The summed E-state index contributed by atoms with van der Waals surface area (Å²) in [5, 5.41) is 1.42. The Morgan fingerprint density at radius 3 is 2.48 bits per heavy atom. The molecule has 0 unspecified atom stereocenters. The average Bonchev–Trinajstić information content (AvgIpc) is 3.11. The van der Waals surface area contributed by atoms with Crippen LogP contribution in [0.2, 0.25) is 10.0 Å². The minimum absolute atomic E-state index is 0. The molecule has 1 aliphatic heterocycles. The summed E-state index contributed by atoms with van der Waals surface area (Å²) in [5.41, 5.74) is 1.17. The first-order chi connectivity index (χ1) is 14.4. The summed E-state index contributed by atoms with van der Waals surface area (Å²) in [4.78, 5) is 21.9. The molecular weight excluding hydrogens is 481 g/mol. The number of ether oxygens (including phenoxy) is 2. The average molecular weight is 503 g/mol. The molecule has 2 heterocycles. The first kappa shape index (κ1) is 23.9. The van der Waals surface area contributed by atoms with Crippen LogP contribution in [0.25, 0.3) is 10.2 Å². The van der Waals surface area contributed by atoms with E-state index in [0.717, 1.165) is 23.2 Å². The van der Waals surface area contributed by atoms with Gasteiger partial charge in [-0.3, -0.25) is 9.69 Å². The SMILES string of the molecule is CN(C)CCCN(C(=O)c1ccc(Cl)cc1Cl)c1nc2cc3c(cc2s1)OCCO3.Cl. The fourth-order valence-corrected chi connectivity index (χ4v) is 4.70. The van der Waals surface area contributed by atoms with E-state index in [9.17, 15) is 4.79 Å². The molecule has 31 heavy (non-hydrogen) atoms. The van der Waals surface area contributed by atoms with Crippen molar-refractivity contribution in [2.45, 2.75) is 6.42 Å². The fraction of sp³-hybridized carbons (Fsp3) is 0.333. The van der Waals surface area contributed by atoms with Crippen LogP contribution < -0.4 is 14.4 Å². The molecule has 1 aromatic heterocycles. The van der Waals surface area contributed by atoms with E-state index in [1.54, 1.807) is 23.1 Å². The number of hydrogen-bond acceptors (Lipinski definition) is 6. The number of aromatic nitrogens is 1. The summed E-state index contributed by atoms with van der Waals surface area (Å²) in [6.45, 7) is 2.40. The summed E-state index contributed by atoms with van der Waals surface area (Å²) in [5.74, 6) is 1.18. The summed E-state index contributed by atoms with van der Waals surface area (Å²) < 4.78 is 12.3. The van der Waals surface area contributed by atoms with Gasteiger partial charge in [-0.2, -0.15) is 0 Å². The molecule has 1 aliphatic rings. The van der Waals surface area contributed by atoms with E-state index in [1.807, 2.05) is 26.2 Å². The monoisotopic (exact) mass is 501 g/mol. The molecule has 2 aromatic carbocycles. The molecule has 0 aliphatic carbocycles. The fourth-order valence-electron chi connectivity index (χ4n) is 3.21. The van der Waals surface area contributed by atoms with Gasteiger partial charge in [-0.25, -0.2) is 4.98 Å². The number of fused-ring (bicyclic) bond motifs is 2. The van der Waals surface area contributed by atoms with Crippen LogP contribution in [-0.4, -0.2) is 56.2 Å². The van der Waals surface area contributed by atoms with Gasteiger partial charge in [-0.1, -0.05) is 34.5 Å². The van der Waals surface area contributed by atoms with Crippen LogP contribution in [0, 0.1) is 0 Å². The van der Waals surface area contributed by atoms with Crippen LogP contribution in [-0.2, 0) is 0 Å². The number of rotatable bonds is 6. The molecule has 3 aromatic rings. The van der Waals surface area contributed by atoms with E-state index in [4.69, 9.17) is 37.7 Å². The van der Waals surface area contributed by atoms with Gasteiger partial charge in [0.15, 0.2) is 16.6 Å². The third-order valence-corrected chi connectivity index (χ3v) is 6.25. The second-order valence-corrected chi connectivity index (χ2v) is 9.05. The zero-order valence-corrected chi connectivity index (χ0v) is 20.2.